The van der Waals surface area contributed by atoms with Crippen LogP contribution in [0.5, 0.6) is 0 Å². The van der Waals surface area contributed by atoms with Crippen molar-refractivity contribution in [3.63, 3.8) is 0 Å². The Morgan fingerprint density at radius 3 is 2.50 bits per heavy atom. The quantitative estimate of drug-likeness (QED) is 0.865. The third-order valence-corrected chi connectivity index (χ3v) is 6.01. The molecule has 1 saturated heterocycles. The molecule has 0 amide bonds. The lowest BCUT2D eigenvalue weighted by Gasteiger charge is -2.30. The second-order valence-electron chi connectivity index (χ2n) is 4.98. The summed E-state index contributed by atoms with van der Waals surface area (Å²) in [6.07, 6.45) is 1.55. The van der Waals surface area contributed by atoms with E-state index in [0.717, 1.165) is 0 Å². The maximum atomic E-state index is 12.7. The average molecular weight is 319 g/mol. The number of halogens is 1. The molecule has 20 heavy (non-hydrogen) atoms. The fraction of sp³-hybridized carbons (Fsp3) is 0.538. The van der Waals surface area contributed by atoms with E-state index < -0.39 is 10.0 Å². The molecule has 0 aliphatic carbocycles. The lowest BCUT2D eigenvalue weighted by molar-refractivity contribution is 0.0604. The van der Waals surface area contributed by atoms with Gasteiger partial charge < -0.3 is 10.5 Å². The maximum absolute atomic E-state index is 12.7. The van der Waals surface area contributed by atoms with Crippen molar-refractivity contribution in [3.05, 3.63) is 22.7 Å². The van der Waals surface area contributed by atoms with Gasteiger partial charge in [-0.15, -0.1) is 0 Å². The molecule has 5 nitrogen and oxygen atoms in total. The van der Waals surface area contributed by atoms with Gasteiger partial charge in [0, 0.05) is 20.2 Å². The first-order chi connectivity index (χ1) is 9.36. The zero-order chi connectivity index (χ0) is 14.9. The number of benzene rings is 1. The SMILES string of the molecule is COC1CCN(S(=O)(=O)c2cc(N)c(Cl)cc2C)CC1. The number of methoxy groups -OCH3 is 1. The smallest absolute Gasteiger partial charge is 0.243 e. The second-order valence-corrected chi connectivity index (χ2v) is 7.29. The summed E-state index contributed by atoms with van der Waals surface area (Å²) in [6.45, 7) is 2.64. The lowest BCUT2D eigenvalue weighted by Crippen LogP contribution is -2.40. The second kappa shape index (κ2) is 5.89. The molecule has 0 unspecified atom stereocenters. The van der Waals surface area contributed by atoms with E-state index in [-0.39, 0.29) is 16.7 Å². The standard InChI is InChI=1S/C13H19ClN2O3S/c1-9-7-11(14)12(15)8-13(9)20(17,18)16-5-3-10(19-2)4-6-16/h7-8,10H,3-6,15H2,1-2H3. The molecule has 7 heteroatoms. The normalized spacial score (nSPS) is 18.4. The van der Waals surface area contributed by atoms with Gasteiger partial charge in [0.25, 0.3) is 0 Å². The topological polar surface area (TPSA) is 72.6 Å². The molecule has 0 bridgehead atoms. The van der Waals surface area contributed by atoms with Crippen molar-refractivity contribution >= 4 is 27.3 Å². The molecule has 1 aromatic rings. The van der Waals surface area contributed by atoms with Crippen LogP contribution in [0.1, 0.15) is 18.4 Å². The minimum Gasteiger partial charge on any atom is -0.397 e. The van der Waals surface area contributed by atoms with Crippen molar-refractivity contribution in [1.29, 1.82) is 0 Å². The van der Waals surface area contributed by atoms with Crippen molar-refractivity contribution in [2.75, 3.05) is 25.9 Å². The number of nitrogens with two attached hydrogens (primary N) is 1. The van der Waals surface area contributed by atoms with Crippen LogP contribution < -0.4 is 5.73 Å². The Bertz CT molecular complexity index is 596. The molecule has 0 saturated carbocycles. The number of aryl methyl sites for hydroxylation is 1. The van der Waals surface area contributed by atoms with Crippen LogP contribution in [0.15, 0.2) is 17.0 Å². The Balaban J connectivity index is 2.30. The van der Waals surface area contributed by atoms with E-state index >= 15 is 0 Å². The molecule has 2 rings (SSSR count). The van der Waals surface area contributed by atoms with Gasteiger partial charge >= 0.3 is 0 Å². The summed E-state index contributed by atoms with van der Waals surface area (Å²) in [6, 6.07) is 3.03. The predicted molar refractivity (Wildman–Crippen MR) is 79.4 cm³/mol. The van der Waals surface area contributed by atoms with Gasteiger partial charge in [-0.25, -0.2) is 8.42 Å². The average Bonchev–Trinajstić information content (AvgIpc) is 2.42. The summed E-state index contributed by atoms with van der Waals surface area (Å²) >= 11 is 5.91. The highest BCUT2D eigenvalue weighted by Crippen LogP contribution is 2.29. The van der Waals surface area contributed by atoms with Crippen molar-refractivity contribution in [1.82, 2.24) is 4.31 Å². The van der Waals surface area contributed by atoms with Crippen LogP contribution in [-0.4, -0.2) is 39.0 Å². The summed E-state index contributed by atoms with van der Waals surface area (Å²) in [5, 5.41) is 0.375. The van der Waals surface area contributed by atoms with Crippen LogP contribution in [0.25, 0.3) is 0 Å². The molecule has 1 aliphatic heterocycles. The fourth-order valence-electron chi connectivity index (χ4n) is 2.39. The van der Waals surface area contributed by atoms with E-state index in [2.05, 4.69) is 0 Å². The number of hydrogen-bond donors (Lipinski definition) is 1. The number of hydrogen-bond acceptors (Lipinski definition) is 4. The van der Waals surface area contributed by atoms with Gasteiger partial charge in [-0.05, 0) is 37.5 Å². The van der Waals surface area contributed by atoms with Gasteiger partial charge in [0.05, 0.1) is 21.7 Å². The number of piperidine rings is 1. The van der Waals surface area contributed by atoms with Gasteiger partial charge in [-0.2, -0.15) is 4.31 Å². The maximum Gasteiger partial charge on any atom is 0.243 e. The molecule has 1 fully saturated rings. The number of nitrogen functional groups attached to an aromatic ring is 1. The first kappa shape index (κ1) is 15.6. The molecule has 112 valence electrons. The first-order valence-corrected chi connectivity index (χ1v) is 8.26. The van der Waals surface area contributed by atoms with Crippen molar-refractivity contribution < 1.29 is 13.2 Å². The van der Waals surface area contributed by atoms with Crippen molar-refractivity contribution in [2.45, 2.75) is 30.8 Å². The molecule has 0 radical (unpaired) electrons. The van der Waals surface area contributed by atoms with E-state index in [1.807, 2.05) is 0 Å². The minimum absolute atomic E-state index is 0.137. The first-order valence-electron chi connectivity index (χ1n) is 6.45. The third-order valence-electron chi connectivity index (χ3n) is 3.65. The van der Waals surface area contributed by atoms with Crippen molar-refractivity contribution in [3.8, 4) is 0 Å². The van der Waals surface area contributed by atoms with Crippen LogP contribution in [0.2, 0.25) is 5.02 Å². The monoisotopic (exact) mass is 318 g/mol. The highest BCUT2D eigenvalue weighted by Gasteiger charge is 2.30. The van der Waals surface area contributed by atoms with Gasteiger partial charge in [-0.3, -0.25) is 0 Å². The highest BCUT2D eigenvalue weighted by molar-refractivity contribution is 7.89. The van der Waals surface area contributed by atoms with E-state index in [0.29, 0.717) is 36.5 Å². The summed E-state index contributed by atoms with van der Waals surface area (Å²) in [7, 11) is -1.87. The van der Waals surface area contributed by atoms with Crippen LogP contribution in [0.3, 0.4) is 0 Å². The molecule has 0 spiro atoms. The van der Waals surface area contributed by atoms with E-state index in [9.17, 15) is 8.42 Å². The summed E-state index contributed by atoms with van der Waals surface area (Å²) in [4.78, 5) is 0.232. The van der Waals surface area contributed by atoms with Crippen LogP contribution >= 0.6 is 11.6 Å². The molecule has 2 N–H and O–H groups in total. The molecule has 1 aromatic carbocycles. The highest BCUT2D eigenvalue weighted by atomic mass is 35.5. The Kier molecular flexibility index (Phi) is 4.59. The van der Waals surface area contributed by atoms with Crippen LogP contribution in [-0.2, 0) is 14.8 Å². The van der Waals surface area contributed by atoms with E-state index in [4.69, 9.17) is 22.1 Å². The predicted octanol–water partition coefficient (Wildman–Crippen LogP) is 2.03. The third kappa shape index (κ3) is 2.93. The van der Waals surface area contributed by atoms with E-state index in [1.54, 1.807) is 20.1 Å². The molecule has 1 heterocycles. The molecule has 1 aliphatic rings. The Morgan fingerprint density at radius 1 is 1.35 bits per heavy atom. The minimum atomic E-state index is -3.52. The molecular weight excluding hydrogens is 300 g/mol. The number of nitrogens with zero attached hydrogens (tertiary/aromatic N) is 1. The zero-order valence-electron chi connectivity index (χ0n) is 11.6. The summed E-state index contributed by atoms with van der Waals surface area (Å²) in [5.74, 6) is 0. The molecule has 0 atom stereocenters. The molecule has 0 aromatic heterocycles. The van der Waals surface area contributed by atoms with Crippen LogP contribution in [0.4, 0.5) is 5.69 Å². The molecular formula is C13H19ClN2O3S. The van der Waals surface area contributed by atoms with Gasteiger partial charge in [-0.1, -0.05) is 11.6 Å². The largest absolute Gasteiger partial charge is 0.397 e. The summed E-state index contributed by atoms with van der Waals surface area (Å²) in [5.41, 5.74) is 6.61. The fourth-order valence-corrected chi connectivity index (χ4v) is 4.32. The summed E-state index contributed by atoms with van der Waals surface area (Å²) < 4.78 is 32.0. The van der Waals surface area contributed by atoms with Gasteiger partial charge in [0.2, 0.25) is 10.0 Å². The number of anilines is 1. The Hall–Kier alpha value is -0.820. The zero-order valence-corrected chi connectivity index (χ0v) is 13.2. The van der Waals surface area contributed by atoms with Crippen molar-refractivity contribution in [2.24, 2.45) is 0 Å². The number of ether oxygens (including phenoxy) is 1. The van der Waals surface area contributed by atoms with Crippen LogP contribution in [0, 0.1) is 6.92 Å². The number of rotatable bonds is 3. The Labute approximate surface area is 124 Å². The van der Waals surface area contributed by atoms with Gasteiger partial charge in [0.15, 0.2) is 0 Å². The Morgan fingerprint density at radius 2 is 1.95 bits per heavy atom. The number of sulfonamides is 1. The van der Waals surface area contributed by atoms with E-state index in [1.165, 1.54) is 10.4 Å². The van der Waals surface area contributed by atoms with Gasteiger partial charge in [0.1, 0.15) is 0 Å². The lowest BCUT2D eigenvalue weighted by atomic mass is 10.1.